The maximum absolute atomic E-state index is 12.3. The number of sulfonamides is 1. The molecule has 0 saturated carbocycles. The minimum absolute atomic E-state index is 0.0964. The molecule has 0 aliphatic rings. The van der Waals surface area contributed by atoms with Crippen LogP contribution < -0.4 is 4.72 Å². The lowest BCUT2D eigenvalue weighted by Crippen LogP contribution is -2.27. The smallest absolute Gasteiger partial charge is 0.307 e. The summed E-state index contributed by atoms with van der Waals surface area (Å²) in [6.07, 6.45) is -0.152. The van der Waals surface area contributed by atoms with Crippen molar-refractivity contribution < 1.29 is 22.7 Å². The number of hydrogen-bond donors (Lipinski definition) is 1. The number of esters is 1. The lowest BCUT2D eigenvalue weighted by molar-refractivity contribution is -0.142. The highest BCUT2D eigenvalue weighted by Crippen LogP contribution is 2.17. The van der Waals surface area contributed by atoms with Crippen molar-refractivity contribution in [3.05, 3.63) is 51.2 Å². The van der Waals surface area contributed by atoms with Crippen LogP contribution in [0.5, 0.6) is 0 Å². The lowest BCUT2D eigenvalue weighted by atomic mass is 10.2. The number of Topliss-reactive ketones (excluding diaryl/α,β-unsaturated/α-hetero) is 1. The van der Waals surface area contributed by atoms with Crippen LogP contribution in [-0.2, 0) is 19.6 Å². The van der Waals surface area contributed by atoms with Gasteiger partial charge < -0.3 is 4.74 Å². The zero-order valence-electron chi connectivity index (χ0n) is 14.9. The molecule has 0 atom stereocenters. The van der Waals surface area contributed by atoms with Gasteiger partial charge in [0.15, 0.2) is 6.61 Å². The second kappa shape index (κ2) is 8.57. The van der Waals surface area contributed by atoms with E-state index in [1.165, 1.54) is 17.4 Å². The van der Waals surface area contributed by atoms with Crippen LogP contribution >= 0.6 is 11.3 Å². The average molecular weight is 396 g/mol. The number of carbonyl (C=O) groups is 2. The average Bonchev–Trinajstić information content (AvgIpc) is 2.98. The highest BCUT2D eigenvalue weighted by Gasteiger charge is 2.17. The Hall–Kier alpha value is -2.03. The van der Waals surface area contributed by atoms with Crippen molar-refractivity contribution in [2.75, 3.05) is 13.2 Å². The molecule has 0 fully saturated rings. The molecule has 0 spiro atoms. The number of thiophene rings is 1. The zero-order valence-corrected chi connectivity index (χ0v) is 16.5. The first kappa shape index (κ1) is 20.3. The van der Waals surface area contributed by atoms with E-state index in [4.69, 9.17) is 4.74 Å². The molecule has 8 heteroatoms. The number of carbonyl (C=O) groups excluding carboxylic acids is 2. The fourth-order valence-corrected chi connectivity index (χ4v) is 4.39. The number of ketones is 1. The van der Waals surface area contributed by atoms with E-state index in [1.807, 2.05) is 19.9 Å². The van der Waals surface area contributed by atoms with Crippen LogP contribution in [0, 0.1) is 20.8 Å². The number of ether oxygens (including phenoxy) is 1. The van der Waals surface area contributed by atoms with Crippen molar-refractivity contribution in [1.29, 1.82) is 0 Å². The van der Waals surface area contributed by atoms with E-state index in [0.29, 0.717) is 10.4 Å². The first-order valence-electron chi connectivity index (χ1n) is 8.01. The molecule has 0 unspecified atom stereocenters. The van der Waals surface area contributed by atoms with E-state index in [9.17, 15) is 18.0 Å². The summed E-state index contributed by atoms with van der Waals surface area (Å²) in [5.41, 5.74) is 1.60. The van der Waals surface area contributed by atoms with Gasteiger partial charge in [-0.3, -0.25) is 9.59 Å². The summed E-state index contributed by atoms with van der Waals surface area (Å²) in [5.74, 6) is -0.901. The predicted molar refractivity (Wildman–Crippen MR) is 100 cm³/mol. The molecule has 1 aromatic heterocycles. The largest absolute Gasteiger partial charge is 0.457 e. The summed E-state index contributed by atoms with van der Waals surface area (Å²) in [5, 5.41) is 0. The molecule has 0 radical (unpaired) electrons. The highest BCUT2D eigenvalue weighted by atomic mass is 32.2. The summed E-state index contributed by atoms with van der Waals surface area (Å²) in [4.78, 5) is 25.3. The van der Waals surface area contributed by atoms with E-state index in [2.05, 4.69) is 4.72 Å². The third kappa shape index (κ3) is 5.48. The molecule has 0 aliphatic heterocycles. The van der Waals surface area contributed by atoms with Gasteiger partial charge in [-0.15, -0.1) is 11.3 Å². The molecular weight excluding hydrogens is 374 g/mol. The molecule has 1 aromatic carbocycles. The van der Waals surface area contributed by atoms with Crippen molar-refractivity contribution in [3.63, 3.8) is 0 Å². The highest BCUT2D eigenvalue weighted by molar-refractivity contribution is 7.89. The minimum atomic E-state index is -3.70. The summed E-state index contributed by atoms with van der Waals surface area (Å²) >= 11 is 1.34. The molecule has 2 aromatic rings. The van der Waals surface area contributed by atoms with Crippen LogP contribution in [0.25, 0.3) is 0 Å². The van der Waals surface area contributed by atoms with E-state index in [1.54, 1.807) is 25.1 Å². The van der Waals surface area contributed by atoms with Crippen molar-refractivity contribution in [2.45, 2.75) is 32.1 Å². The van der Waals surface area contributed by atoms with Crippen molar-refractivity contribution >= 4 is 33.1 Å². The molecule has 26 heavy (non-hydrogen) atoms. The van der Waals surface area contributed by atoms with Crippen LogP contribution in [0.2, 0.25) is 0 Å². The molecular formula is C18H21NO5S2. The Morgan fingerprint density at radius 2 is 1.85 bits per heavy atom. The fraction of sp³-hybridized carbons (Fsp3) is 0.333. The standard InChI is InChI=1S/C18H21NO5S2/c1-12-4-7-17(13(2)10-12)26(22,23)19-9-8-18(21)24-11-15(20)16-6-5-14(3)25-16/h4-7,10,19H,8-9,11H2,1-3H3. The molecule has 2 rings (SSSR count). The maximum Gasteiger partial charge on any atom is 0.307 e. The van der Waals surface area contributed by atoms with E-state index in [0.717, 1.165) is 10.4 Å². The second-order valence-corrected chi connectivity index (χ2v) is 8.93. The van der Waals surface area contributed by atoms with Crippen LogP contribution in [0.1, 0.15) is 32.1 Å². The Morgan fingerprint density at radius 3 is 2.46 bits per heavy atom. The number of benzene rings is 1. The Morgan fingerprint density at radius 1 is 1.12 bits per heavy atom. The molecule has 0 saturated heterocycles. The fourth-order valence-electron chi connectivity index (χ4n) is 2.34. The van der Waals surface area contributed by atoms with Gasteiger partial charge in [-0.2, -0.15) is 0 Å². The van der Waals surface area contributed by atoms with Crippen LogP contribution in [0.3, 0.4) is 0 Å². The van der Waals surface area contributed by atoms with E-state index >= 15 is 0 Å². The Bertz CT molecular complexity index is 915. The molecule has 0 amide bonds. The monoisotopic (exact) mass is 395 g/mol. The van der Waals surface area contributed by atoms with E-state index < -0.39 is 16.0 Å². The summed E-state index contributed by atoms with van der Waals surface area (Å²) in [7, 11) is -3.70. The Kier molecular flexibility index (Phi) is 6.69. The zero-order chi connectivity index (χ0) is 19.3. The van der Waals surface area contributed by atoms with Gasteiger partial charge in [0.05, 0.1) is 16.2 Å². The van der Waals surface area contributed by atoms with Gasteiger partial charge in [-0.25, -0.2) is 13.1 Å². The van der Waals surface area contributed by atoms with Crippen molar-refractivity contribution in [3.8, 4) is 0 Å². The third-order valence-electron chi connectivity index (χ3n) is 3.62. The van der Waals surface area contributed by atoms with Crippen LogP contribution in [0.15, 0.2) is 35.2 Å². The SMILES string of the molecule is Cc1ccc(S(=O)(=O)NCCC(=O)OCC(=O)c2ccc(C)s2)c(C)c1. The van der Waals surface area contributed by atoms with E-state index in [-0.39, 0.29) is 30.3 Å². The second-order valence-electron chi connectivity index (χ2n) is 5.91. The Balaban J connectivity index is 1.81. The molecule has 140 valence electrons. The first-order chi connectivity index (χ1) is 12.2. The van der Waals surface area contributed by atoms with Gasteiger partial charge in [-0.1, -0.05) is 17.7 Å². The van der Waals surface area contributed by atoms with Gasteiger partial charge in [0.2, 0.25) is 15.8 Å². The van der Waals surface area contributed by atoms with Crippen molar-refractivity contribution in [2.24, 2.45) is 0 Å². The molecule has 6 nitrogen and oxygen atoms in total. The first-order valence-corrected chi connectivity index (χ1v) is 10.3. The molecule has 1 N–H and O–H groups in total. The normalized spacial score (nSPS) is 11.3. The maximum atomic E-state index is 12.3. The molecule has 0 bridgehead atoms. The van der Waals surface area contributed by atoms with Gasteiger partial charge in [0.25, 0.3) is 0 Å². The Labute approximate surface area is 157 Å². The number of rotatable bonds is 8. The minimum Gasteiger partial charge on any atom is -0.457 e. The molecule has 0 aliphatic carbocycles. The number of hydrogen-bond acceptors (Lipinski definition) is 6. The van der Waals surface area contributed by atoms with Gasteiger partial charge in [0, 0.05) is 11.4 Å². The lowest BCUT2D eigenvalue weighted by Gasteiger charge is -2.10. The predicted octanol–water partition coefficient (Wildman–Crippen LogP) is 2.77. The van der Waals surface area contributed by atoms with Crippen molar-refractivity contribution in [1.82, 2.24) is 4.72 Å². The summed E-state index contributed by atoms with van der Waals surface area (Å²) < 4.78 is 31.9. The number of aryl methyl sites for hydroxylation is 3. The number of nitrogens with one attached hydrogen (secondary N) is 1. The van der Waals surface area contributed by atoms with Crippen LogP contribution in [-0.4, -0.2) is 33.3 Å². The molecule has 1 heterocycles. The van der Waals surface area contributed by atoms with Gasteiger partial charge in [0.1, 0.15) is 0 Å². The third-order valence-corrected chi connectivity index (χ3v) is 6.28. The summed E-state index contributed by atoms with van der Waals surface area (Å²) in [6, 6.07) is 8.54. The van der Waals surface area contributed by atoms with Gasteiger partial charge in [-0.05, 0) is 44.5 Å². The van der Waals surface area contributed by atoms with Gasteiger partial charge >= 0.3 is 5.97 Å². The van der Waals surface area contributed by atoms with Crippen LogP contribution in [0.4, 0.5) is 0 Å². The quantitative estimate of drug-likeness (QED) is 0.548. The summed E-state index contributed by atoms with van der Waals surface area (Å²) in [6.45, 7) is 5.04. The topological polar surface area (TPSA) is 89.5 Å².